The molecule has 4 nitrogen and oxygen atoms in total. The molecule has 1 atom stereocenters. The van der Waals surface area contributed by atoms with Crippen molar-refractivity contribution in [3.8, 4) is 5.75 Å². The van der Waals surface area contributed by atoms with Gasteiger partial charge in [-0.05, 0) is 36.9 Å². The molecule has 1 amide bonds. The third-order valence-electron chi connectivity index (χ3n) is 3.50. The van der Waals surface area contributed by atoms with Gasteiger partial charge in [0.1, 0.15) is 5.75 Å². The number of hydrogen-bond acceptors (Lipinski definition) is 4. The van der Waals surface area contributed by atoms with E-state index in [1.165, 1.54) is 0 Å². The fourth-order valence-electron chi connectivity index (χ4n) is 2.48. The van der Waals surface area contributed by atoms with Gasteiger partial charge in [-0.15, -0.1) is 0 Å². The molecule has 0 radical (unpaired) electrons. The summed E-state index contributed by atoms with van der Waals surface area (Å²) in [6, 6.07) is 11.5. The molecule has 2 aromatic rings. The van der Waals surface area contributed by atoms with Crippen molar-refractivity contribution in [3.63, 3.8) is 0 Å². The van der Waals surface area contributed by atoms with Crippen LogP contribution in [0.4, 0.5) is 0 Å². The summed E-state index contributed by atoms with van der Waals surface area (Å²) in [5.41, 5.74) is -0.421. The van der Waals surface area contributed by atoms with Gasteiger partial charge < -0.3 is 15.2 Å². The number of carbonyl (C=O) groups is 1. The monoisotopic (exact) mass is 333 g/mol. The number of carbonyl (C=O) groups excluding carboxylic acids is 1. The first-order valence-electron chi connectivity index (χ1n) is 7.62. The van der Waals surface area contributed by atoms with Crippen molar-refractivity contribution in [2.24, 2.45) is 0 Å². The highest BCUT2D eigenvalue weighted by molar-refractivity contribution is 7.98. The minimum Gasteiger partial charge on any atom is -0.493 e. The molecule has 23 heavy (non-hydrogen) atoms. The van der Waals surface area contributed by atoms with Crippen LogP contribution in [0.2, 0.25) is 0 Å². The maximum absolute atomic E-state index is 12.7. The second-order valence-electron chi connectivity index (χ2n) is 5.71. The average Bonchev–Trinajstić information content (AvgIpc) is 2.53. The molecule has 0 aliphatic rings. The molecule has 0 saturated carbocycles. The average molecular weight is 333 g/mol. The highest BCUT2D eigenvalue weighted by Gasteiger charge is 2.23. The molecule has 0 fully saturated rings. The maximum atomic E-state index is 12.7. The summed E-state index contributed by atoms with van der Waals surface area (Å²) in [6.45, 7) is 4.29. The van der Waals surface area contributed by atoms with Crippen LogP contribution in [-0.2, 0) is 0 Å². The molecular formula is C18H23NO3S. The summed E-state index contributed by atoms with van der Waals surface area (Å²) in [4.78, 5) is 12.7. The second kappa shape index (κ2) is 7.70. The normalized spacial score (nSPS) is 13.6. The summed E-state index contributed by atoms with van der Waals surface area (Å²) in [5, 5.41) is 14.9. The van der Waals surface area contributed by atoms with Gasteiger partial charge in [0.2, 0.25) is 0 Å². The Kier molecular flexibility index (Phi) is 5.91. The molecule has 2 rings (SSSR count). The smallest absolute Gasteiger partial charge is 0.255 e. The molecule has 5 heteroatoms. The van der Waals surface area contributed by atoms with Gasteiger partial charge in [-0.25, -0.2) is 0 Å². The van der Waals surface area contributed by atoms with E-state index in [1.54, 1.807) is 18.7 Å². The fourth-order valence-corrected chi connectivity index (χ4v) is 3.21. The van der Waals surface area contributed by atoms with Crippen molar-refractivity contribution >= 4 is 28.4 Å². The Morgan fingerprint density at radius 1 is 1.30 bits per heavy atom. The number of aliphatic hydroxyl groups is 1. The van der Waals surface area contributed by atoms with Gasteiger partial charge in [-0.2, -0.15) is 11.8 Å². The topological polar surface area (TPSA) is 58.6 Å². The van der Waals surface area contributed by atoms with Gasteiger partial charge >= 0.3 is 0 Å². The Bertz CT molecular complexity index is 685. The third kappa shape index (κ3) is 4.39. The van der Waals surface area contributed by atoms with E-state index in [2.05, 4.69) is 5.32 Å². The van der Waals surface area contributed by atoms with E-state index in [9.17, 15) is 9.90 Å². The second-order valence-corrected chi connectivity index (χ2v) is 6.57. The van der Waals surface area contributed by atoms with E-state index in [1.807, 2.05) is 49.6 Å². The van der Waals surface area contributed by atoms with Crippen LogP contribution in [0.1, 0.15) is 24.2 Å². The molecule has 0 bridgehead atoms. The Labute approximate surface area is 141 Å². The van der Waals surface area contributed by atoms with E-state index in [0.29, 0.717) is 23.7 Å². The molecule has 1 unspecified atom stereocenters. The first-order chi connectivity index (χ1) is 11.0. The Morgan fingerprint density at radius 2 is 2.04 bits per heavy atom. The van der Waals surface area contributed by atoms with Crippen molar-refractivity contribution in [1.29, 1.82) is 0 Å². The van der Waals surface area contributed by atoms with Crippen LogP contribution in [0.3, 0.4) is 0 Å². The number of hydrogen-bond donors (Lipinski definition) is 2. The SMILES string of the molecule is CCOc1ccc2ccccc2c1C(=O)NCC(C)(O)CSC. The van der Waals surface area contributed by atoms with Crippen molar-refractivity contribution in [2.45, 2.75) is 19.4 Å². The lowest BCUT2D eigenvalue weighted by molar-refractivity contribution is 0.0724. The standard InChI is InChI=1S/C18H23NO3S/c1-4-22-15-10-9-13-7-5-6-8-14(13)16(15)17(20)19-11-18(2,21)12-23-3/h5-10,21H,4,11-12H2,1-3H3,(H,19,20). The fraction of sp³-hybridized carbons (Fsp3) is 0.389. The molecule has 0 heterocycles. The van der Waals surface area contributed by atoms with Crippen molar-refractivity contribution in [1.82, 2.24) is 5.32 Å². The zero-order chi connectivity index (χ0) is 16.9. The molecule has 0 spiro atoms. The summed E-state index contributed by atoms with van der Waals surface area (Å²) < 4.78 is 5.62. The van der Waals surface area contributed by atoms with E-state index in [-0.39, 0.29) is 12.5 Å². The number of benzene rings is 2. The number of rotatable bonds is 7. The van der Waals surface area contributed by atoms with Crippen LogP contribution in [-0.4, -0.2) is 41.8 Å². The molecule has 0 aliphatic heterocycles. The van der Waals surface area contributed by atoms with Gasteiger partial charge in [-0.3, -0.25) is 4.79 Å². The zero-order valence-electron chi connectivity index (χ0n) is 13.8. The van der Waals surface area contributed by atoms with Gasteiger partial charge in [0.05, 0.1) is 17.8 Å². The third-order valence-corrected chi connectivity index (χ3v) is 4.41. The first kappa shape index (κ1) is 17.6. The Balaban J connectivity index is 2.32. The summed E-state index contributed by atoms with van der Waals surface area (Å²) in [7, 11) is 0. The van der Waals surface area contributed by atoms with E-state index < -0.39 is 5.60 Å². The van der Waals surface area contributed by atoms with Gasteiger partial charge in [0.15, 0.2) is 0 Å². The van der Waals surface area contributed by atoms with Crippen LogP contribution < -0.4 is 10.1 Å². The summed E-state index contributed by atoms with van der Waals surface area (Å²) >= 11 is 1.54. The molecular weight excluding hydrogens is 310 g/mol. The summed E-state index contributed by atoms with van der Waals surface area (Å²) in [5.74, 6) is 0.890. The van der Waals surface area contributed by atoms with E-state index in [4.69, 9.17) is 4.74 Å². The number of fused-ring (bicyclic) bond motifs is 1. The lowest BCUT2D eigenvalue weighted by Crippen LogP contribution is -2.42. The largest absolute Gasteiger partial charge is 0.493 e. The minimum atomic E-state index is -0.939. The first-order valence-corrected chi connectivity index (χ1v) is 9.02. The van der Waals surface area contributed by atoms with Gasteiger partial charge in [0, 0.05) is 12.3 Å². The van der Waals surface area contributed by atoms with Gasteiger partial charge in [0.25, 0.3) is 5.91 Å². The van der Waals surface area contributed by atoms with Crippen molar-refractivity contribution < 1.29 is 14.6 Å². The predicted molar refractivity (Wildman–Crippen MR) is 96.5 cm³/mol. The quantitative estimate of drug-likeness (QED) is 0.817. The number of nitrogens with one attached hydrogen (secondary N) is 1. The van der Waals surface area contributed by atoms with E-state index in [0.717, 1.165) is 10.8 Å². The molecule has 0 saturated heterocycles. The number of amides is 1. The lowest BCUT2D eigenvalue weighted by Gasteiger charge is -2.23. The lowest BCUT2D eigenvalue weighted by atomic mass is 10.0. The number of ether oxygens (including phenoxy) is 1. The van der Waals surface area contributed by atoms with Crippen LogP contribution in [0.15, 0.2) is 36.4 Å². The van der Waals surface area contributed by atoms with Crippen LogP contribution in [0, 0.1) is 0 Å². The molecule has 2 N–H and O–H groups in total. The number of thioether (sulfide) groups is 1. The van der Waals surface area contributed by atoms with Crippen LogP contribution in [0.25, 0.3) is 10.8 Å². The molecule has 2 aromatic carbocycles. The molecule has 124 valence electrons. The van der Waals surface area contributed by atoms with E-state index >= 15 is 0 Å². The zero-order valence-corrected chi connectivity index (χ0v) is 14.6. The van der Waals surface area contributed by atoms with Crippen molar-refractivity contribution in [2.75, 3.05) is 25.2 Å². The van der Waals surface area contributed by atoms with Crippen LogP contribution in [0.5, 0.6) is 5.75 Å². The summed E-state index contributed by atoms with van der Waals surface area (Å²) in [6.07, 6.45) is 1.92. The Morgan fingerprint density at radius 3 is 2.74 bits per heavy atom. The molecule has 0 aliphatic carbocycles. The highest BCUT2D eigenvalue weighted by atomic mass is 32.2. The predicted octanol–water partition coefficient (Wildman–Crippen LogP) is 3.08. The maximum Gasteiger partial charge on any atom is 0.255 e. The molecule has 0 aromatic heterocycles. The van der Waals surface area contributed by atoms with Gasteiger partial charge in [-0.1, -0.05) is 30.3 Å². The highest BCUT2D eigenvalue weighted by Crippen LogP contribution is 2.28. The van der Waals surface area contributed by atoms with Crippen LogP contribution >= 0.6 is 11.8 Å². The van der Waals surface area contributed by atoms with Crippen molar-refractivity contribution in [3.05, 3.63) is 42.0 Å². The minimum absolute atomic E-state index is 0.196. The Hall–Kier alpha value is -1.72.